The molecule has 5 aromatic rings. The van der Waals surface area contributed by atoms with E-state index in [9.17, 15) is 22.0 Å². The van der Waals surface area contributed by atoms with Crippen LogP contribution in [0.15, 0.2) is 58.4 Å². The zero-order chi connectivity index (χ0) is 27.9. The SMILES string of the molecule is COc1ncc(F)cc1S(=O)(=O)Nc1ccc(F)c(-c2ccc3c(C(=O)Nc4cnoc4)n[nH]c3c2F)c1F. The predicted octanol–water partition coefficient (Wildman–Crippen LogP) is 4.23. The van der Waals surface area contributed by atoms with Gasteiger partial charge in [-0.1, -0.05) is 11.2 Å². The molecule has 0 unspecified atom stereocenters. The zero-order valence-corrected chi connectivity index (χ0v) is 20.2. The van der Waals surface area contributed by atoms with E-state index >= 15 is 8.78 Å². The summed E-state index contributed by atoms with van der Waals surface area (Å²) in [5, 5.41) is 12.0. The number of sulfonamides is 1. The van der Waals surface area contributed by atoms with Crippen molar-refractivity contribution >= 4 is 38.2 Å². The van der Waals surface area contributed by atoms with Crippen LogP contribution < -0.4 is 14.8 Å². The Balaban J connectivity index is 1.54. The van der Waals surface area contributed by atoms with Crippen LogP contribution in [0.25, 0.3) is 22.0 Å². The van der Waals surface area contributed by atoms with Crippen molar-refractivity contribution in [2.24, 2.45) is 0 Å². The maximum Gasteiger partial charge on any atom is 0.276 e. The van der Waals surface area contributed by atoms with E-state index in [1.54, 1.807) is 0 Å². The third-order valence-corrected chi connectivity index (χ3v) is 6.81. The summed E-state index contributed by atoms with van der Waals surface area (Å²) in [6.07, 6.45) is 3.09. The summed E-state index contributed by atoms with van der Waals surface area (Å²) in [7, 11) is -3.60. The molecule has 0 atom stereocenters. The number of amides is 1. The van der Waals surface area contributed by atoms with Gasteiger partial charge in [-0.25, -0.2) is 31.0 Å². The van der Waals surface area contributed by atoms with E-state index in [1.807, 2.05) is 4.72 Å². The number of hydrogen-bond donors (Lipinski definition) is 3. The minimum absolute atomic E-state index is 0.00595. The number of aromatic amines is 1. The lowest BCUT2D eigenvalue weighted by molar-refractivity contribution is 0.102. The molecule has 3 heterocycles. The number of hydrogen-bond acceptors (Lipinski definition) is 8. The Morgan fingerprint density at radius 2 is 1.87 bits per heavy atom. The average Bonchev–Trinajstić information content (AvgIpc) is 3.57. The van der Waals surface area contributed by atoms with E-state index in [2.05, 4.69) is 30.2 Å². The Morgan fingerprint density at radius 1 is 1.08 bits per heavy atom. The fourth-order valence-electron chi connectivity index (χ4n) is 3.71. The number of carbonyl (C=O) groups excluding carboxylic acids is 1. The Bertz CT molecular complexity index is 1840. The van der Waals surface area contributed by atoms with Crippen LogP contribution in [0.1, 0.15) is 10.5 Å². The molecule has 2 aromatic carbocycles. The van der Waals surface area contributed by atoms with Crippen molar-refractivity contribution in [2.75, 3.05) is 17.1 Å². The highest BCUT2D eigenvalue weighted by atomic mass is 32.2. The van der Waals surface area contributed by atoms with Crippen molar-refractivity contribution in [1.82, 2.24) is 20.3 Å². The highest BCUT2D eigenvalue weighted by molar-refractivity contribution is 7.92. The molecule has 0 aliphatic rings. The summed E-state index contributed by atoms with van der Waals surface area (Å²) in [4.78, 5) is 15.3. The number of nitrogens with one attached hydrogen (secondary N) is 3. The topological polar surface area (TPSA) is 152 Å². The highest BCUT2D eigenvalue weighted by Gasteiger charge is 2.27. The van der Waals surface area contributed by atoms with Gasteiger partial charge in [0.1, 0.15) is 29.1 Å². The van der Waals surface area contributed by atoms with Crippen LogP contribution in [-0.2, 0) is 10.0 Å². The van der Waals surface area contributed by atoms with Gasteiger partial charge in [0, 0.05) is 17.0 Å². The average molecular weight is 562 g/mol. The lowest BCUT2D eigenvalue weighted by atomic mass is 10.0. The first kappa shape index (κ1) is 25.7. The molecule has 200 valence electrons. The van der Waals surface area contributed by atoms with Crippen molar-refractivity contribution < 1.29 is 40.0 Å². The van der Waals surface area contributed by atoms with E-state index in [1.165, 1.54) is 12.3 Å². The van der Waals surface area contributed by atoms with Gasteiger partial charge in [-0.05, 0) is 18.2 Å². The van der Waals surface area contributed by atoms with Crippen molar-refractivity contribution in [3.05, 3.63) is 78.0 Å². The van der Waals surface area contributed by atoms with Gasteiger partial charge >= 0.3 is 0 Å². The standard InChI is InChI=1S/C23H14F4N6O5S/c1-37-23-16(6-10(24)7-28-23)39(35,36)33-15-5-4-14(25)17(19(15)27)12-2-3-13-20(18(12)26)31-32-21(13)22(34)30-11-8-29-38-9-11/h2-9,33H,1H3,(H,30,34)(H,31,32). The van der Waals surface area contributed by atoms with Crippen LogP contribution in [0, 0.1) is 23.3 Å². The number of fused-ring (bicyclic) bond motifs is 1. The van der Waals surface area contributed by atoms with Gasteiger partial charge in [0.05, 0.1) is 30.8 Å². The fraction of sp³-hybridized carbons (Fsp3) is 0.0435. The largest absolute Gasteiger partial charge is 0.480 e. The summed E-state index contributed by atoms with van der Waals surface area (Å²) in [5.41, 5.74) is -2.64. The second kappa shape index (κ2) is 9.71. The van der Waals surface area contributed by atoms with Gasteiger partial charge in [0.15, 0.2) is 22.2 Å². The third kappa shape index (κ3) is 4.61. The number of H-pyrrole nitrogens is 1. The molecule has 1 amide bonds. The van der Waals surface area contributed by atoms with Crippen molar-refractivity contribution in [2.45, 2.75) is 4.90 Å². The van der Waals surface area contributed by atoms with E-state index in [0.717, 1.165) is 25.5 Å². The van der Waals surface area contributed by atoms with E-state index in [0.29, 0.717) is 18.3 Å². The number of aromatic nitrogens is 4. The molecule has 39 heavy (non-hydrogen) atoms. The molecular weight excluding hydrogens is 548 g/mol. The molecule has 0 saturated heterocycles. The molecule has 0 aliphatic carbocycles. The molecule has 0 fully saturated rings. The van der Waals surface area contributed by atoms with Gasteiger partial charge in [-0.3, -0.25) is 14.6 Å². The smallest absolute Gasteiger partial charge is 0.276 e. The monoisotopic (exact) mass is 562 g/mol. The van der Waals surface area contributed by atoms with Crippen LogP contribution in [0.2, 0.25) is 0 Å². The number of halogens is 4. The fourth-order valence-corrected chi connectivity index (χ4v) is 4.90. The Kier molecular flexibility index (Phi) is 6.39. The molecule has 3 aromatic heterocycles. The summed E-state index contributed by atoms with van der Waals surface area (Å²) in [5.74, 6) is -6.09. The molecule has 0 aliphatic heterocycles. The number of rotatable bonds is 7. The number of anilines is 2. The van der Waals surface area contributed by atoms with Gasteiger partial charge in [0.25, 0.3) is 15.9 Å². The summed E-state index contributed by atoms with van der Waals surface area (Å²) in [6.45, 7) is 0. The number of pyridine rings is 1. The number of ether oxygens (including phenoxy) is 1. The van der Waals surface area contributed by atoms with Crippen LogP contribution in [0.4, 0.5) is 28.9 Å². The van der Waals surface area contributed by atoms with E-state index in [4.69, 9.17) is 4.74 Å². The molecule has 0 bridgehead atoms. The van der Waals surface area contributed by atoms with E-state index < -0.39 is 66.8 Å². The minimum Gasteiger partial charge on any atom is -0.480 e. The van der Waals surface area contributed by atoms with Crippen molar-refractivity contribution in [1.29, 1.82) is 0 Å². The Morgan fingerprint density at radius 3 is 2.59 bits per heavy atom. The summed E-state index contributed by atoms with van der Waals surface area (Å²) >= 11 is 0. The second-order valence-corrected chi connectivity index (χ2v) is 9.49. The number of methoxy groups -OCH3 is 1. The maximum absolute atomic E-state index is 15.5. The maximum atomic E-state index is 15.5. The van der Waals surface area contributed by atoms with Crippen LogP contribution in [-0.4, -0.2) is 41.8 Å². The molecule has 5 rings (SSSR count). The Labute approximate surface area is 215 Å². The molecule has 16 heteroatoms. The molecule has 11 nitrogen and oxygen atoms in total. The molecule has 0 spiro atoms. The molecule has 3 N–H and O–H groups in total. The van der Waals surface area contributed by atoms with Crippen LogP contribution in [0.5, 0.6) is 5.88 Å². The summed E-state index contributed by atoms with van der Waals surface area (Å²) in [6, 6.07) is 4.29. The van der Waals surface area contributed by atoms with Gasteiger partial charge in [-0.15, -0.1) is 0 Å². The van der Waals surface area contributed by atoms with Gasteiger partial charge in [-0.2, -0.15) is 5.10 Å². The Hall–Kier alpha value is -4.99. The second-order valence-electron chi connectivity index (χ2n) is 7.84. The van der Waals surface area contributed by atoms with Crippen molar-refractivity contribution in [3.63, 3.8) is 0 Å². The van der Waals surface area contributed by atoms with Crippen molar-refractivity contribution in [3.8, 4) is 17.0 Å². The highest BCUT2D eigenvalue weighted by Crippen LogP contribution is 2.36. The molecule has 0 saturated carbocycles. The lowest BCUT2D eigenvalue weighted by Gasteiger charge is -2.14. The van der Waals surface area contributed by atoms with Gasteiger partial charge < -0.3 is 14.6 Å². The number of nitrogens with zero attached hydrogens (tertiary/aromatic N) is 3. The predicted molar refractivity (Wildman–Crippen MR) is 127 cm³/mol. The third-order valence-electron chi connectivity index (χ3n) is 5.45. The molecular formula is C23H14F4N6O5S. The lowest BCUT2D eigenvalue weighted by Crippen LogP contribution is -2.16. The van der Waals surface area contributed by atoms with Gasteiger partial charge in [0.2, 0.25) is 5.88 Å². The van der Waals surface area contributed by atoms with Crippen LogP contribution >= 0.6 is 0 Å². The first-order valence-electron chi connectivity index (χ1n) is 10.7. The van der Waals surface area contributed by atoms with E-state index in [-0.39, 0.29) is 22.3 Å². The van der Waals surface area contributed by atoms with Crippen LogP contribution in [0.3, 0.4) is 0 Å². The number of carbonyl (C=O) groups is 1. The minimum atomic E-state index is -4.69. The first-order chi connectivity index (χ1) is 18.6. The molecule has 0 radical (unpaired) electrons. The quantitative estimate of drug-likeness (QED) is 0.249. The summed E-state index contributed by atoms with van der Waals surface area (Å²) < 4.78 is 96.5. The first-order valence-corrected chi connectivity index (χ1v) is 12.2. The number of benzene rings is 2. The zero-order valence-electron chi connectivity index (χ0n) is 19.4. The normalized spacial score (nSPS) is 11.5.